The number of aliphatic hydroxyl groups is 1. The second kappa shape index (κ2) is 13.0. The molecule has 4 aromatic rings. The van der Waals surface area contributed by atoms with Gasteiger partial charge in [0.2, 0.25) is 0 Å². The van der Waals surface area contributed by atoms with Crippen molar-refractivity contribution in [3.63, 3.8) is 0 Å². The molecule has 9 heteroatoms. The number of nitrogens with one attached hydrogen (secondary N) is 1. The van der Waals surface area contributed by atoms with Gasteiger partial charge in [-0.3, -0.25) is 0 Å². The quantitative estimate of drug-likeness (QED) is 0.249. The Kier molecular flexibility index (Phi) is 9.47. The average molecular weight is 564 g/mol. The SMILES string of the molecule is Cc1ccc(C)n1-c1ncccc1OC[C@@H](O)CNC[C@H]1CCc2cc(-c3ccc(C(=O)O)cc3)ccc2O1.Cl. The summed E-state index contributed by atoms with van der Waals surface area (Å²) < 4.78 is 14.2. The van der Waals surface area contributed by atoms with E-state index in [0.29, 0.717) is 24.7 Å². The number of halogens is 1. The van der Waals surface area contributed by atoms with Crippen molar-refractivity contribution in [2.24, 2.45) is 0 Å². The number of benzene rings is 2. The lowest BCUT2D eigenvalue weighted by Gasteiger charge is -2.27. The standard InChI is InChI=1S/C31H33N3O5.ClH/c1-20-5-6-21(2)34(20)30-29(4-3-15-33-30)38-19-26(35)17-32-18-27-13-11-25-16-24(12-14-28(25)39-27)22-7-9-23(10-8-22)31(36)37;/h3-10,12,14-16,26-27,32,35H,11,13,17-19H2,1-2H3,(H,36,37);1H/t26-,27+;/m0./s1. The van der Waals surface area contributed by atoms with Crippen LogP contribution in [0.1, 0.15) is 33.7 Å². The van der Waals surface area contributed by atoms with Gasteiger partial charge < -0.3 is 29.6 Å². The number of ether oxygens (including phenoxy) is 2. The molecule has 3 heterocycles. The van der Waals surface area contributed by atoms with Crippen LogP contribution in [0, 0.1) is 13.8 Å². The van der Waals surface area contributed by atoms with E-state index >= 15 is 0 Å². The zero-order valence-corrected chi connectivity index (χ0v) is 23.4. The number of pyridine rings is 1. The van der Waals surface area contributed by atoms with Crippen LogP contribution in [0.4, 0.5) is 0 Å². The molecule has 40 heavy (non-hydrogen) atoms. The molecule has 0 aliphatic carbocycles. The van der Waals surface area contributed by atoms with E-state index in [4.69, 9.17) is 14.6 Å². The molecular formula is C31H34ClN3O5. The second-order valence-corrected chi connectivity index (χ2v) is 9.88. The van der Waals surface area contributed by atoms with Crippen LogP contribution in [0.2, 0.25) is 0 Å². The monoisotopic (exact) mass is 563 g/mol. The zero-order chi connectivity index (χ0) is 27.4. The molecule has 0 bridgehead atoms. The van der Waals surface area contributed by atoms with Gasteiger partial charge in [0.15, 0.2) is 11.6 Å². The van der Waals surface area contributed by atoms with Crippen molar-refractivity contribution in [2.45, 2.75) is 38.9 Å². The van der Waals surface area contributed by atoms with E-state index in [1.165, 1.54) is 0 Å². The fourth-order valence-corrected chi connectivity index (χ4v) is 4.89. The van der Waals surface area contributed by atoms with Gasteiger partial charge in [-0.2, -0.15) is 0 Å². The van der Waals surface area contributed by atoms with Gasteiger partial charge in [0.25, 0.3) is 0 Å². The Morgan fingerprint density at radius 1 is 1.10 bits per heavy atom. The number of rotatable bonds is 10. The average Bonchev–Trinajstić information content (AvgIpc) is 3.29. The number of carbonyl (C=O) groups is 1. The summed E-state index contributed by atoms with van der Waals surface area (Å²) in [6.07, 6.45) is 2.81. The second-order valence-electron chi connectivity index (χ2n) is 9.88. The molecule has 1 aliphatic rings. The maximum atomic E-state index is 11.1. The minimum absolute atomic E-state index is 0. The van der Waals surface area contributed by atoms with E-state index in [1.54, 1.807) is 18.3 Å². The molecule has 2 atom stereocenters. The van der Waals surface area contributed by atoms with Crippen molar-refractivity contribution in [1.82, 2.24) is 14.9 Å². The summed E-state index contributed by atoms with van der Waals surface area (Å²) in [5, 5.41) is 22.9. The smallest absolute Gasteiger partial charge is 0.335 e. The van der Waals surface area contributed by atoms with E-state index in [2.05, 4.69) is 16.4 Å². The topological polar surface area (TPSA) is 106 Å². The highest BCUT2D eigenvalue weighted by atomic mass is 35.5. The first-order valence-corrected chi connectivity index (χ1v) is 13.1. The first kappa shape index (κ1) is 29.1. The van der Waals surface area contributed by atoms with Gasteiger partial charge in [-0.15, -0.1) is 12.4 Å². The predicted molar refractivity (Wildman–Crippen MR) is 156 cm³/mol. The first-order valence-electron chi connectivity index (χ1n) is 13.1. The fourth-order valence-electron chi connectivity index (χ4n) is 4.89. The summed E-state index contributed by atoms with van der Waals surface area (Å²) in [4.78, 5) is 15.6. The Balaban J connectivity index is 0.00000370. The van der Waals surface area contributed by atoms with Gasteiger partial charge in [0.05, 0.1) is 5.56 Å². The van der Waals surface area contributed by atoms with Gasteiger partial charge in [0, 0.05) is 30.7 Å². The summed E-state index contributed by atoms with van der Waals surface area (Å²) in [5.41, 5.74) is 5.56. The Bertz CT molecular complexity index is 1430. The summed E-state index contributed by atoms with van der Waals surface area (Å²) in [6.45, 7) is 5.20. The Morgan fingerprint density at radius 3 is 2.55 bits per heavy atom. The molecule has 0 radical (unpaired) electrons. The van der Waals surface area contributed by atoms with Crippen LogP contribution < -0.4 is 14.8 Å². The van der Waals surface area contributed by atoms with Crippen molar-refractivity contribution in [3.8, 4) is 28.4 Å². The highest BCUT2D eigenvalue weighted by Crippen LogP contribution is 2.32. The normalized spacial score (nSPS) is 14.9. The third-order valence-electron chi connectivity index (χ3n) is 6.97. The fraction of sp³-hybridized carbons (Fsp3) is 0.290. The molecule has 1 aliphatic heterocycles. The van der Waals surface area contributed by atoms with Crippen LogP contribution in [0.15, 0.2) is 72.9 Å². The molecule has 0 saturated carbocycles. The van der Waals surface area contributed by atoms with Crippen molar-refractivity contribution in [3.05, 3.63) is 95.4 Å². The molecular weight excluding hydrogens is 530 g/mol. The summed E-state index contributed by atoms with van der Waals surface area (Å²) >= 11 is 0. The van der Waals surface area contributed by atoms with Crippen LogP contribution in [-0.4, -0.2) is 57.6 Å². The number of aromatic carboxylic acids is 1. The van der Waals surface area contributed by atoms with E-state index in [-0.39, 0.29) is 30.7 Å². The number of hydrogen-bond donors (Lipinski definition) is 3. The van der Waals surface area contributed by atoms with Crippen LogP contribution in [0.5, 0.6) is 11.5 Å². The molecule has 2 aromatic heterocycles. The van der Waals surface area contributed by atoms with Crippen LogP contribution >= 0.6 is 12.4 Å². The van der Waals surface area contributed by atoms with Crippen LogP contribution in [-0.2, 0) is 6.42 Å². The van der Waals surface area contributed by atoms with Gasteiger partial charge in [0.1, 0.15) is 24.6 Å². The Morgan fingerprint density at radius 2 is 1.82 bits per heavy atom. The van der Waals surface area contributed by atoms with E-state index in [0.717, 1.165) is 46.7 Å². The lowest BCUT2D eigenvalue weighted by molar-refractivity contribution is 0.0697. The predicted octanol–water partition coefficient (Wildman–Crippen LogP) is 5.00. The number of fused-ring (bicyclic) bond motifs is 1. The molecule has 8 nitrogen and oxygen atoms in total. The molecule has 5 rings (SSSR count). The first-order chi connectivity index (χ1) is 18.9. The molecule has 2 aromatic carbocycles. The third kappa shape index (κ3) is 6.65. The molecule has 0 spiro atoms. The van der Waals surface area contributed by atoms with E-state index in [9.17, 15) is 9.90 Å². The lowest BCUT2D eigenvalue weighted by atomic mass is 9.96. The highest BCUT2D eigenvalue weighted by Gasteiger charge is 2.21. The summed E-state index contributed by atoms with van der Waals surface area (Å²) in [6, 6.07) is 20.8. The van der Waals surface area contributed by atoms with Crippen molar-refractivity contribution < 1.29 is 24.5 Å². The van der Waals surface area contributed by atoms with Gasteiger partial charge in [-0.05, 0) is 91.9 Å². The number of aromatic nitrogens is 2. The number of hydrogen-bond acceptors (Lipinski definition) is 6. The molecule has 210 valence electrons. The molecule has 0 fully saturated rings. The van der Waals surface area contributed by atoms with Gasteiger partial charge in [-0.25, -0.2) is 9.78 Å². The lowest BCUT2D eigenvalue weighted by Crippen LogP contribution is -2.39. The van der Waals surface area contributed by atoms with Gasteiger partial charge in [-0.1, -0.05) is 18.2 Å². The number of aliphatic hydroxyl groups excluding tert-OH is 1. The summed E-state index contributed by atoms with van der Waals surface area (Å²) in [7, 11) is 0. The number of aryl methyl sites for hydroxylation is 3. The van der Waals surface area contributed by atoms with Crippen molar-refractivity contribution >= 4 is 18.4 Å². The largest absolute Gasteiger partial charge is 0.489 e. The number of carboxylic acid groups (broad SMARTS) is 1. The van der Waals surface area contributed by atoms with Gasteiger partial charge >= 0.3 is 5.97 Å². The molecule has 3 N–H and O–H groups in total. The van der Waals surface area contributed by atoms with Crippen LogP contribution in [0.3, 0.4) is 0 Å². The summed E-state index contributed by atoms with van der Waals surface area (Å²) in [5.74, 6) is 1.28. The minimum Gasteiger partial charge on any atom is -0.489 e. The number of carboxylic acids is 1. The maximum absolute atomic E-state index is 11.1. The van der Waals surface area contributed by atoms with E-state index in [1.807, 2.05) is 66.9 Å². The Hall–Kier alpha value is -3.85. The van der Waals surface area contributed by atoms with Crippen molar-refractivity contribution in [2.75, 3.05) is 19.7 Å². The Labute approximate surface area is 240 Å². The molecule has 0 amide bonds. The highest BCUT2D eigenvalue weighted by molar-refractivity contribution is 5.88. The minimum atomic E-state index is -0.930. The number of nitrogens with zero attached hydrogens (tertiary/aromatic N) is 2. The van der Waals surface area contributed by atoms with Crippen molar-refractivity contribution in [1.29, 1.82) is 0 Å². The zero-order valence-electron chi connectivity index (χ0n) is 22.5. The van der Waals surface area contributed by atoms with Crippen LogP contribution in [0.25, 0.3) is 16.9 Å². The molecule has 0 unspecified atom stereocenters. The molecule has 0 saturated heterocycles. The third-order valence-corrected chi connectivity index (χ3v) is 6.97. The van der Waals surface area contributed by atoms with E-state index < -0.39 is 12.1 Å². The maximum Gasteiger partial charge on any atom is 0.335 e.